The molecule has 0 aliphatic heterocycles. The third-order valence-corrected chi connectivity index (χ3v) is 2.38. The Bertz CT molecular complexity index is 453. The largest absolute Gasteiger partial charge is 0.508 e. The van der Waals surface area contributed by atoms with Crippen molar-refractivity contribution in [3.63, 3.8) is 0 Å². The zero-order valence-electron chi connectivity index (χ0n) is 10.8. The first-order valence-electron chi connectivity index (χ1n) is 5.85. The second-order valence-electron chi connectivity index (χ2n) is 4.04. The summed E-state index contributed by atoms with van der Waals surface area (Å²) in [5.74, 6) is -0.670. The van der Waals surface area contributed by atoms with Gasteiger partial charge in [-0.3, -0.25) is 4.79 Å². The van der Waals surface area contributed by atoms with Crippen molar-refractivity contribution >= 4 is 11.9 Å². The highest BCUT2D eigenvalue weighted by atomic mass is 16.5. The number of amides is 1. The lowest BCUT2D eigenvalue weighted by atomic mass is 10.1. The molecule has 0 saturated heterocycles. The van der Waals surface area contributed by atoms with Gasteiger partial charge in [0.15, 0.2) is 0 Å². The lowest BCUT2D eigenvalue weighted by Crippen LogP contribution is -2.42. The van der Waals surface area contributed by atoms with Crippen LogP contribution in [0.4, 0.5) is 0 Å². The highest BCUT2D eigenvalue weighted by Crippen LogP contribution is 2.11. The topological polar surface area (TPSA) is 75.6 Å². The van der Waals surface area contributed by atoms with Gasteiger partial charge >= 0.3 is 5.97 Å². The van der Waals surface area contributed by atoms with Crippen LogP contribution in [0.1, 0.15) is 12.5 Å². The SMILES string of the molecule is C=CCOC(=O)C(Cc1ccc(O)cc1)NC(C)=O. The summed E-state index contributed by atoms with van der Waals surface area (Å²) in [6.45, 7) is 4.89. The normalized spacial score (nSPS) is 11.4. The van der Waals surface area contributed by atoms with Crippen LogP contribution in [0, 0.1) is 0 Å². The average Bonchev–Trinajstić information content (AvgIpc) is 2.37. The molecule has 0 aromatic heterocycles. The van der Waals surface area contributed by atoms with E-state index in [1.165, 1.54) is 25.1 Å². The quantitative estimate of drug-likeness (QED) is 0.596. The van der Waals surface area contributed by atoms with Crippen LogP contribution in [0.2, 0.25) is 0 Å². The van der Waals surface area contributed by atoms with Crippen LogP contribution in [0.3, 0.4) is 0 Å². The van der Waals surface area contributed by atoms with Gasteiger partial charge in [0.25, 0.3) is 0 Å². The van der Waals surface area contributed by atoms with Gasteiger partial charge in [-0.1, -0.05) is 24.8 Å². The zero-order chi connectivity index (χ0) is 14.3. The Morgan fingerprint density at radius 2 is 2.05 bits per heavy atom. The zero-order valence-corrected chi connectivity index (χ0v) is 10.8. The number of carbonyl (C=O) groups excluding carboxylic acids is 2. The number of aromatic hydroxyl groups is 1. The first-order chi connectivity index (χ1) is 9.02. The highest BCUT2D eigenvalue weighted by molar-refractivity contribution is 5.83. The van der Waals surface area contributed by atoms with Crippen molar-refractivity contribution in [1.82, 2.24) is 5.32 Å². The molecule has 1 aromatic rings. The molecule has 5 heteroatoms. The van der Waals surface area contributed by atoms with Crippen molar-refractivity contribution in [1.29, 1.82) is 0 Å². The van der Waals surface area contributed by atoms with Gasteiger partial charge in [-0.15, -0.1) is 0 Å². The number of rotatable bonds is 6. The fourth-order valence-corrected chi connectivity index (χ4v) is 1.55. The van der Waals surface area contributed by atoms with Gasteiger partial charge in [0.2, 0.25) is 5.91 Å². The van der Waals surface area contributed by atoms with Crippen LogP contribution in [0.25, 0.3) is 0 Å². The predicted molar refractivity (Wildman–Crippen MR) is 70.6 cm³/mol. The molecule has 0 radical (unpaired) electrons. The molecule has 102 valence electrons. The van der Waals surface area contributed by atoms with Crippen molar-refractivity contribution in [3.05, 3.63) is 42.5 Å². The number of nitrogens with one attached hydrogen (secondary N) is 1. The van der Waals surface area contributed by atoms with Crippen molar-refractivity contribution in [2.24, 2.45) is 0 Å². The van der Waals surface area contributed by atoms with Crippen LogP contribution in [-0.2, 0) is 20.7 Å². The number of phenolic OH excluding ortho intramolecular Hbond substituents is 1. The molecule has 0 saturated carbocycles. The smallest absolute Gasteiger partial charge is 0.329 e. The summed E-state index contributed by atoms with van der Waals surface area (Å²) in [5, 5.41) is 11.7. The van der Waals surface area contributed by atoms with E-state index < -0.39 is 12.0 Å². The first-order valence-corrected chi connectivity index (χ1v) is 5.85. The molecule has 1 unspecified atom stereocenters. The minimum absolute atomic E-state index is 0.102. The maximum atomic E-state index is 11.8. The lowest BCUT2D eigenvalue weighted by Gasteiger charge is -2.16. The first kappa shape index (κ1) is 14.8. The number of esters is 1. The van der Waals surface area contributed by atoms with Gasteiger partial charge in [0.1, 0.15) is 18.4 Å². The minimum atomic E-state index is -0.748. The molecule has 1 atom stereocenters. The Kier molecular flexibility index (Phi) is 5.60. The minimum Gasteiger partial charge on any atom is -0.508 e. The van der Waals surface area contributed by atoms with Gasteiger partial charge < -0.3 is 15.2 Å². The Morgan fingerprint density at radius 1 is 1.42 bits per heavy atom. The fourth-order valence-electron chi connectivity index (χ4n) is 1.55. The Morgan fingerprint density at radius 3 is 2.58 bits per heavy atom. The maximum absolute atomic E-state index is 11.8. The Labute approximate surface area is 111 Å². The summed E-state index contributed by atoms with van der Waals surface area (Å²) in [4.78, 5) is 22.9. The number of phenols is 1. The third kappa shape index (κ3) is 5.25. The van der Waals surface area contributed by atoms with Gasteiger partial charge in [-0.05, 0) is 17.7 Å². The maximum Gasteiger partial charge on any atom is 0.329 e. The molecule has 1 amide bonds. The van der Waals surface area contributed by atoms with E-state index in [0.717, 1.165) is 5.56 Å². The summed E-state index contributed by atoms with van der Waals surface area (Å²) in [5.41, 5.74) is 0.812. The van der Waals surface area contributed by atoms with Crippen molar-refractivity contribution in [2.75, 3.05) is 6.61 Å². The summed E-state index contributed by atoms with van der Waals surface area (Å²) in [6.07, 6.45) is 1.76. The molecule has 5 nitrogen and oxygen atoms in total. The van der Waals surface area contributed by atoms with Crippen molar-refractivity contribution in [3.8, 4) is 5.75 Å². The van der Waals surface area contributed by atoms with Crippen LogP contribution in [-0.4, -0.2) is 29.6 Å². The molecule has 1 aromatic carbocycles. The molecule has 19 heavy (non-hydrogen) atoms. The van der Waals surface area contributed by atoms with Gasteiger partial charge in [-0.2, -0.15) is 0 Å². The number of hydrogen-bond donors (Lipinski definition) is 2. The van der Waals surface area contributed by atoms with E-state index >= 15 is 0 Å². The van der Waals surface area contributed by atoms with Gasteiger partial charge in [0, 0.05) is 13.3 Å². The standard InChI is InChI=1S/C14H17NO4/c1-3-8-19-14(18)13(15-10(2)16)9-11-4-6-12(17)7-5-11/h3-7,13,17H,1,8-9H2,2H3,(H,15,16). The van der Waals surface area contributed by atoms with Crippen LogP contribution < -0.4 is 5.32 Å². The fraction of sp³-hybridized carbons (Fsp3) is 0.286. The lowest BCUT2D eigenvalue weighted by molar-refractivity contribution is -0.146. The third-order valence-electron chi connectivity index (χ3n) is 2.38. The second kappa shape index (κ2) is 7.20. The summed E-state index contributed by atoms with van der Waals surface area (Å²) in [6, 6.07) is 5.67. The second-order valence-corrected chi connectivity index (χ2v) is 4.04. The molecule has 0 bridgehead atoms. The number of benzene rings is 1. The molecular weight excluding hydrogens is 246 g/mol. The molecule has 0 heterocycles. The van der Waals surface area contributed by atoms with Crippen molar-refractivity contribution < 1.29 is 19.4 Å². The van der Waals surface area contributed by atoms with Crippen LogP contribution in [0.5, 0.6) is 5.75 Å². The monoisotopic (exact) mass is 263 g/mol. The van der Waals surface area contributed by atoms with E-state index in [4.69, 9.17) is 4.74 Å². The Hall–Kier alpha value is -2.30. The van der Waals surface area contributed by atoms with Crippen LogP contribution >= 0.6 is 0 Å². The molecule has 0 fully saturated rings. The molecule has 2 N–H and O–H groups in total. The van der Waals surface area contributed by atoms with E-state index in [0.29, 0.717) is 6.42 Å². The molecule has 0 aliphatic carbocycles. The van der Waals surface area contributed by atoms with E-state index in [-0.39, 0.29) is 18.3 Å². The highest BCUT2D eigenvalue weighted by Gasteiger charge is 2.21. The predicted octanol–water partition coefficient (Wildman–Crippen LogP) is 1.17. The molecule has 1 rings (SSSR count). The number of carbonyl (C=O) groups is 2. The summed E-state index contributed by atoms with van der Waals surface area (Å²) >= 11 is 0. The van der Waals surface area contributed by atoms with Gasteiger partial charge in [0.05, 0.1) is 0 Å². The van der Waals surface area contributed by atoms with E-state index in [1.54, 1.807) is 12.1 Å². The average molecular weight is 263 g/mol. The molecule has 0 spiro atoms. The molecular formula is C14H17NO4. The number of ether oxygens (including phenoxy) is 1. The number of hydrogen-bond acceptors (Lipinski definition) is 4. The summed E-state index contributed by atoms with van der Waals surface area (Å²) in [7, 11) is 0. The van der Waals surface area contributed by atoms with Crippen LogP contribution in [0.15, 0.2) is 36.9 Å². The summed E-state index contributed by atoms with van der Waals surface area (Å²) < 4.78 is 4.93. The Balaban J connectivity index is 2.73. The van der Waals surface area contributed by atoms with E-state index in [2.05, 4.69) is 11.9 Å². The van der Waals surface area contributed by atoms with Gasteiger partial charge in [-0.25, -0.2) is 4.79 Å². The van der Waals surface area contributed by atoms with Crippen molar-refractivity contribution in [2.45, 2.75) is 19.4 Å². The van der Waals surface area contributed by atoms with E-state index in [1.807, 2.05) is 0 Å². The van der Waals surface area contributed by atoms with E-state index in [9.17, 15) is 14.7 Å². The molecule has 0 aliphatic rings.